The molecule has 2 aromatic carbocycles. The summed E-state index contributed by atoms with van der Waals surface area (Å²) in [6, 6.07) is 14.6. The third kappa shape index (κ3) is 5.32. The maximum atomic E-state index is 12.2. The fraction of sp³-hybridized carbons (Fsp3) is 0.200. The summed E-state index contributed by atoms with van der Waals surface area (Å²) in [6.07, 6.45) is 1.68. The van der Waals surface area contributed by atoms with Crippen molar-refractivity contribution in [3.8, 4) is 17.1 Å². The number of benzene rings is 2. The Morgan fingerprint density at radius 3 is 2.56 bits per heavy atom. The number of hydrogen-bond donors (Lipinski definition) is 2. The molecule has 0 aliphatic rings. The normalized spacial score (nSPS) is 11.8. The lowest BCUT2D eigenvalue weighted by molar-refractivity contribution is -0.886. The van der Waals surface area contributed by atoms with Crippen LogP contribution in [-0.2, 0) is 11.3 Å². The standard InChI is InChI=1S/C20H20ClN3O3/c1-24(12-19(25)23-16-7-9-17(26-2)10-8-16)13-20-22-11-18(27-20)14-3-5-15(21)6-4-14/h3-11H,12-13H2,1-2H3,(H,23,25)/p+1. The number of likely N-dealkylation sites (N-methyl/N-ethyl adjacent to an activating group) is 1. The Kier molecular flexibility index (Phi) is 6.11. The highest BCUT2D eigenvalue weighted by molar-refractivity contribution is 6.30. The molecule has 1 aromatic heterocycles. The van der Waals surface area contributed by atoms with E-state index in [0.717, 1.165) is 21.9 Å². The molecule has 6 nitrogen and oxygen atoms in total. The lowest BCUT2D eigenvalue weighted by Gasteiger charge is -2.12. The predicted molar refractivity (Wildman–Crippen MR) is 104 cm³/mol. The summed E-state index contributed by atoms with van der Waals surface area (Å²) in [5, 5.41) is 3.54. The number of oxazole rings is 1. The first kappa shape index (κ1) is 18.9. The quantitative estimate of drug-likeness (QED) is 0.655. The van der Waals surface area contributed by atoms with Gasteiger partial charge in [-0.1, -0.05) is 11.6 Å². The van der Waals surface area contributed by atoms with Gasteiger partial charge in [-0.05, 0) is 48.5 Å². The van der Waals surface area contributed by atoms with Gasteiger partial charge in [0.15, 0.2) is 18.8 Å². The van der Waals surface area contributed by atoms with Crippen LogP contribution < -0.4 is 15.0 Å². The summed E-state index contributed by atoms with van der Waals surface area (Å²) in [6.45, 7) is 0.800. The van der Waals surface area contributed by atoms with Crippen molar-refractivity contribution in [3.05, 3.63) is 65.6 Å². The molecule has 3 rings (SSSR count). The number of halogens is 1. The third-order valence-electron chi connectivity index (χ3n) is 3.97. The van der Waals surface area contributed by atoms with E-state index in [2.05, 4.69) is 10.3 Å². The molecule has 0 bridgehead atoms. The van der Waals surface area contributed by atoms with Crippen LogP contribution in [0.15, 0.2) is 59.1 Å². The van der Waals surface area contributed by atoms with E-state index in [4.69, 9.17) is 20.8 Å². The van der Waals surface area contributed by atoms with Crippen molar-refractivity contribution in [1.82, 2.24) is 4.98 Å². The van der Waals surface area contributed by atoms with Crippen molar-refractivity contribution < 1.29 is 18.8 Å². The highest BCUT2D eigenvalue weighted by Gasteiger charge is 2.15. The van der Waals surface area contributed by atoms with E-state index in [1.165, 1.54) is 0 Å². The monoisotopic (exact) mass is 386 g/mol. The first-order valence-electron chi connectivity index (χ1n) is 8.49. The zero-order valence-electron chi connectivity index (χ0n) is 15.2. The molecule has 0 aliphatic carbocycles. The Bertz CT molecular complexity index is 892. The van der Waals surface area contributed by atoms with Gasteiger partial charge in [-0.15, -0.1) is 0 Å². The summed E-state index contributed by atoms with van der Waals surface area (Å²) >= 11 is 5.90. The van der Waals surface area contributed by atoms with Gasteiger partial charge in [-0.3, -0.25) is 4.79 Å². The second-order valence-electron chi connectivity index (χ2n) is 6.21. The van der Waals surface area contributed by atoms with E-state index < -0.39 is 0 Å². The van der Waals surface area contributed by atoms with Gasteiger partial charge in [0.2, 0.25) is 0 Å². The minimum absolute atomic E-state index is 0.0813. The molecule has 0 saturated heterocycles. The van der Waals surface area contributed by atoms with E-state index in [9.17, 15) is 4.79 Å². The van der Waals surface area contributed by atoms with E-state index in [1.807, 2.05) is 19.2 Å². The van der Waals surface area contributed by atoms with E-state index in [0.29, 0.717) is 29.8 Å². The molecule has 27 heavy (non-hydrogen) atoms. The van der Waals surface area contributed by atoms with Gasteiger partial charge in [-0.2, -0.15) is 0 Å². The first-order valence-corrected chi connectivity index (χ1v) is 8.87. The molecule has 7 heteroatoms. The van der Waals surface area contributed by atoms with Gasteiger partial charge in [0, 0.05) is 16.3 Å². The molecule has 3 aromatic rings. The number of amides is 1. The topological polar surface area (TPSA) is 68.8 Å². The molecule has 0 radical (unpaired) electrons. The van der Waals surface area contributed by atoms with Crippen molar-refractivity contribution in [2.75, 3.05) is 26.0 Å². The predicted octanol–water partition coefficient (Wildman–Crippen LogP) is 2.66. The van der Waals surface area contributed by atoms with Gasteiger partial charge in [-0.25, -0.2) is 4.98 Å². The second kappa shape index (κ2) is 8.70. The largest absolute Gasteiger partial charge is 0.497 e. The Morgan fingerprint density at radius 1 is 1.19 bits per heavy atom. The Labute approximate surface area is 162 Å². The van der Waals surface area contributed by atoms with Gasteiger partial charge >= 0.3 is 0 Å². The average Bonchev–Trinajstić information content (AvgIpc) is 3.11. The summed E-state index contributed by atoms with van der Waals surface area (Å²) < 4.78 is 10.9. The van der Waals surface area contributed by atoms with E-state index in [1.54, 1.807) is 49.7 Å². The number of anilines is 1. The summed E-state index contributed by atoms with van der Waals surface area (Å²) in [7, 11) is 3.52. The molecule has 1 atom stereocenters. The highest BCUT2D eigenvalue weighted by Crippen LogP contribution is 2.22. The number of methoxy groups -OCH3 is 1. The van der Waals surface area contributed by atoms with Crippen LogP contribution in [0.4, 0.5) is 5.69 Å². The number of nitrogens with one attached hydrogen (secondary N) is 2. The molecule has 140 valence electrons. The van der Waals surface area contributed by atoms with Crippen LogP contribution in [0, 0.1) is 0 Å². The maximum absolute atomic E-state index is 12.2. The SMILES string of the molecule is COc1ccc(NC(=O)C[NH+](C)Cc2ncc(-c3ccc(Cl)cc3)o2)cc1. The summed E-state index contributed by atoms with van der Waals surface area (Å²) in [4.78, 5) is 17.5. The molecule has 0 aliphatic heterocycles. The maximum Gasteiger partial charge on any atom is 0.279 e. The summed E-state index contributed by atoms with van der Waals surface area (Å²) in [5.41, 5.74) is 1.64. The van der Waals surface area contributed by atoms with Crippen molar-refractivity contribution in [2.24, 2.45) is 0 Å². The highest BCUT2D eigenvalue weighted by atomic mass is 35.5. The van der Waals surface area contributed by atoms with Crippen LogP contribution in [0.25, 0.3) is 11.3 Å². The number of hydrogen-bond acceptors (Lipinski definition) is 4. The first-order chi connectivity index (χ1) is 13.0. The molecule has 1 unspecified atom stereocenters. The second-order valence-corrected chi connectivity index (χ2v) is 6.65. The Balaban J connectivity index is 1.53. The summed E-state index contributed by atoms with van der Waals surface area (Å²) in [5.74, 6) is 1.92. The van der Waals surface area contributed by atoms with E-state index >= 15 is 0 Å². The molecule has 2 N–H and O–H groups in total. The minimum atomic E-state index is -0.0813. The zero-order valence-corrected chi connectivity index (χ0v) is 15.9. The number of ether oxygens (including phenoxy) is 1. The lowest BCUT2D eigenvalue weighted by atomic mass is 10.2. The lowest BCUT2D eigenvalue weighted by Crippen LogP contribution is -3.08. The molecule has 1 amide bonds. The smallest absolute Gasteiger partial charge is 0.279 e. The van der Waals surface area contributed by atoms with Crippen LogP contribution in [0.3, 0.4) is 0 Å². The van der Waals surface area contributed by atoms with Crippen LogP contribution >= 0.6 is 11.6 Å². The number of carbonyl (C=O) groups excluding carboxylic acids is 1. The average molecular weight is 387 g/mol. The minimum Gasteiger partial charge on any atom is -0.497 e. The molecular weight excluding hydrogens is 366 g/mol. The Hall–Kier alpha value is -2.83. The molecule has 0 fully saturated rings. The third-order valence-corrected chi connectivity index (χ3v) is 4.22. The van der Waals surface area contributed by atoms with Gasteiger partial charge in [0.1, 0.15) is 5.75 Å². The van der Waals surface area contributed by atoms with Crippen LogP contribution in [-0.4, -0.2) is 31.6 Å². The van der Waals surface area contributed by atoms with Crippen molar-refractivity contribution in [2.45, 2.75) is 6.54 Å². The fourth-order valence-corrected chi connectivity index (χ4v) is 2.74. The van der Waals surface area contributed by atoms with Crippen molar-refractivity contribution >= 4 is 23.2 Å². The molecular formula is C20H21ClN3O3+. The number of aromatic nitrogens is 1. The number of rotatable bonds is 7. The van der Waals surface area contributed by atoms with Crippen LogP contribution in [0.5, 0.6) is 5.75 Å². The molecule has 1 heterocycles. The Morgan fingerprint density at radius 2 is 1.89 bits per heavy atom. The van der Waals surface area contributed by atoms with Crippen LogP contribution in [0.2, 0.25) is 5.02 Å². The molecule has 0 saturated carbocycles. The number of nitrogens with zero attached hydrogens (tertiary/aromatic N) is 1. The molecule has 0 spiro atoms. The number of carbonyl (C=O) groups is 1. The van der Waals surface area contributed by atoms with Gasteiger partial charge in [0.05, 0.1) is 20.4 Å². The number of quaternary nitrogens is 1. The fourth-order valence-electron chi connectivity index (χ4n) is 2.61. The van der Waals surface area contributed by atoms with Crippen molar-refractivity contribution in [1.29, 1.82) is 0 Å². The van der Waals surface area contributed by atoms with Crippen LogP contribution in [0.1, 0.15) is 5.89 Å². The van der Waals surface area contributed by atoms with Gasteiger partial charge < -0.3 is 19.4 Å². The zero-order chi connectivity index (χ0) is 19.2. The van der Waals surface area contributed by atoms with Gasteiger partial charge in [0.25, 0.3) is 11.8 Å². The van der Waals surface area contributed by atoms with E-state index in [-0.39, 0.29) is 5.91 Å². The van der Waals surface area contributed by atoms with Crippen molar-refractivity contribution in [3.63, 3.8) is 0 Å².